The van der Waals surface area contributed by atoms with Gasteiger partial charge >= 0.3 is 5.97 Å². The van der Waals surface area contributed by atoms with E-state index in [0.717, 1.165) is 36.1 Å². The number of hydrogen-bond donors (Lipinski definition) is 2. The highest BCUT2D eigenvalue weighted by molar-refractivity contribution is 5.84. The van der Waals surface area contributed by atoms with Crippen LogP contribution in [0.5, 0.6) is 0 Å². The first-order valence-electron chi connectivity index (χ1n) is 8.75. The highest BCUT2D eigenvalue weighted by Crippen LogP contribution is 2.42. The SMILES string of the molecule is CC1(C)CC=C(c2cc(C3(C(=O)O)CCOCC3)ccc2N)CC1. The number of nitrogen functional groups attached to an aromatic ring is 1. The third kappa shape index (κ3) is 3.07. The molecule has 1 saturated heterocycles. The molecule has 0 radical (unpaired) electrons. The van der Waals surface area contributed by atoms with Gasteiger partial charge in [-0.25, -0.2) is 0 Å². The second-order valence-electron chi connectivity index (χ2n) is 7.90. The van der Waals surface area contributed by atoms with Crippen molar-refractivity contribution < 1.29 is 14.6 Å². The molecule has 1 aromatic rings. The molecule has 1 heterocycles. The topological polar surface area (TPSA) is 72.5 Å². The summed E-state index contributed by atoms with van der Waals surface area (Å²) in [7, 11) is 0. The smallest absolute Gasteiger partial charge is 0.314 e. The summed E-state index contributed by atoms with van der Waals surface area (Å²) in [5.41, 5.74) is 9.55. The molecular formula is C20H27NO3. The summed E-state index contributed by atoms with van der Waals surface area (Å²) in [6.45, 7) is 5.54. The zero-order chi connectivity index (χ0) is 17.4. The Bertz CT molecular complexity index is 669. The van der Waals surface area contributed by atoms with Crippen LogP contribution in [-0.4, -0.2) is 24.3 Å². The number of carbonyl (C=O) groups is 1. The highest BCUT2D eigenvalue weighted by atomic mass is 16.5. The van der Waals surface area contributed by atoms with E-state index in [0.29, 0.717) is 31.5 Å². The van der Waals surface area contributed by atoms with Gasteiger partial charge in [0.15, 0.2) is 0 Å². The minimum atomic E-state index is -0.852. The van der Waals surface area contributed by atoms with Crippen LogP contribution in [0.15, 0.2) is 24.3 Å². The summed E-state index contributed by atoms with van der Waals surface area (Å²) in [5.74, 6) is -0.764. The van der Waals surface area contributed by atoms with E-state index in [1.54, 1.807) is 0 Å². The second-order valence-corrected chi connectivity index (χ2v) is 7.90. The van der Waals surface area contributed by atoms with Crippen molar-refractivity contribution in [2.24, 2.45) is 5.41 Å². The Kier molecular flexibility index (Phi) is 4.43. The molecule has 0 unspecified atom stereocenters. The van der Waals surface area contributed by atoms with E-state index in [1.807, 2.05) is 18.2 Å². The third-order valence-electron chi connectivity index (χ3n) is 5.68. The molecule has 4 heteroatoms. The summed E-state index contributed by atoms with van der Waals surface area (Å²) >= 11 is 0. The summed E-state index contributed by atoms with van der Waals surface area (Å²) < 4.78 is 5.39. The first-order chi connectivity index (χ1) is 11.3. The zero-order valence-electron chi connectivity index (χ0n) is 14.6. The maximum atomic E-state index is 12.0. The molecule has 1 aliphatic heterocycles. The third-order valence-corrected chi connectivity index (χ3v) is 5.68. The van der Waals surface area contributed by atoms with Gasteiger partial charge in [-0.3, -0.25) is 4.79 Å². The standard InChI is InChI=1S/C20H27NO3/c1-19(2)7-5-14(6-8-19)16-13-15(3-4-17(16)21)20(18(22)23)9-11-24-12-10-20/h3-5,13H,6-12,21H2,1-2H3,(H,22,23). The van der Waals surface area contributed by atoms with Crippen molar-refractivity contribution in [3.05, 3.63) is 35.4 Å². The van der Waals surface area contributed by atoms with Gasteiger partial charge < -0.3 is 15.6 Å². The van der Waals surface area contributed by atoms with E-state index in [1.165, 1.54) is 5.57 Å². The van der Waals surface area contributed by atoms with Gasteiger partial charge in [0.2, 0.25) is 0 Å². The molecule has 1 aliphatic carbocycles. The van der Waals surface area contributed by atoms with Crippen LogP contribution in [0.1, 0.15) is 57.1 Å². The van der Waals surface area contributed by atoms with Gasteiger partial charge in [0.05, 0.1) is 5.41 Å². The van der Waals surface area contributed by atoms with Gasteiger partial charge in [-0.2, -0.15) is 0 Å². The van der Waals surface area contributed by atoms with Gasteiger partial charge in [-0.1, -0.05) is 26.0 Å². The number of allylic oxidation sites excluding steroid dienone is 2. The Balaban J connectivity index is 2.00. The van der Waals surface area contributed by atoms with Crippen molar-refractivity contribution in [1.82, 2.24) is 0 Å². The average molecular weight is 329 g/mol. The summed E-state index contributed by atoms with van der Waals surface area (Å²) in [6, 6.07) is 5.76. The van der Waals surface area contributed by atoms with Crippen molar-refractivity contribution in [3.8, 4) is 0 Å². The first-order valence-corrected chi connectivity index (χ1v) is 8.75. The van der Waals surface area contributed by atoms with Crippen LogP contribution in [0.25, 0.3) is 5.57 Å². The van der Waals surface area contributed by atoms with E-state index in [-0.39, 0.29) is 0 Å². The maximum Gasteiger partial charge on any atom is 0.314 e. The van der Waals surface area contributed by atoms with Gasteiger partial charge in [-0.05, 0) is 60.8 Å². The van der Waals surface area contributed by atoms with Crippen molar-refractivity contribution in [2.75, 3.05) is 18.9 Å². The molecular weight excluding hydrogens is 302 g/mol. The lowest BCUT2D eigenvalue weighted by Crippen LogP contribution is -2.41. The monoisotopic (exact) mass is 329 g/mol. The number of nitrogens with two attached hydrogens (primary N) is 1. The normalized spacial score (nSPS) is 22.7. The fourth-order valence-corrected chi connectivity index (χ4v) is 3.80. The number of hydrogen-bond acceptors (Lipinski definition) is 3. The van der Waals surface area contributed by atoms with Gasteiger partial charge in [0.1, 0.15) is 0 Å². The number of benzene rings is 1. The van der Waals surface area contributed by atoms with Crippen molar-refractivity contribution >= 4 is 17.2 Å². The number of carboxylic acid groups (broad SMARTS) is 1. The second kappa shape index (κ2) is 6.25. The fraction of sp³-hybridized carbons (Fsp3) is 0.550. The maximum absolute atomic E-state index is 12.0. The van der Waals surface area contributed by atoms with Gasteiger partial charge in [-0.15, -0.1) is 0 Å². The van der Waals surface area contributed by atoms with Crippen molar-refractivity contribution in [1.29, 1.82) is 0 Å². The number of aliphatic carboxylic acids is 1. The van der Waals surface area contributed by atoms with Crippen LogP contribution in [0.4, 0.5) is 5.69 Å². The van der Waals surface area contributed by atoms with Gasteiger partial charge in [0, 0.05) is 24.5 Å². The van der Waals surface area contributed by atoms with Crippen LogP contribution >= 0.6 is 0 Å². The van der Waals surface area contributed by atoms with Crippen LogP contribution < -0.4 is 5.73 Å². The number of rotatable bonds is 3. The van der Waals surface area contributed by atoms with Crippen LogP contribution in [0, 0.1) is 5.41 Å². The highest BCUT2D eigenvalue weighted by Gasteiger charge is 2.42. The zero-order valence-corrected chi connectivity index (χ0v) is 14.6. The van der Waals surface area contributed by atoms with Crippen LogP contribution in [0.2, 0.25) is 0 Å². The predicted octanol–water partition coefficient (Wildman–Crippen LogP) is 4.00. The quantitative estimate of drug-likeness (QED) is 0.822. The molecule has 1 aromatic carbocycles. The first kappa shape index (κ1) is 17.0. The summed E-state index contributed by atoms with van der Waals surface area (Å²) in [5, 5.41) is 9.88. The van der Waals surface area contributed by atoms with Crippen LogP contribution in [0.3, 0.4) is 0 Å². The predicted molar refractivity (Wildman–Crippen MR) is 95.8 cm³/mol. The molecule has 1 fully saturated rings. The molecule has 24 heavy (non-hydrogen) atoms. The Morgan fingerprint density at radius 1 is 1.21 bits per heavy atom. The molecule has 0 aromatic heterocycles. The van der Waals surface area contributed by atoms with E-state index in [9.17, 15) is 9.90 Å². The fourth-order valence-electron chi connectivity index (χ4n) is 3.80. The largest absolute Gasteiger partial charge is 0.481 e. The molecule has 3 rings (SSSR count). The number of carboxylic acids is 1. The molecule has 3 N–H and O–H groups in total. The Morgan fingerprint density at radius 3 is 2.50 bits per heavy atom. The van der Waals surface area contributed by atoms with E-state index < -0.39 is 11.4 Å². The Morgan fingerprint density at radius 2 is 1.92 bits per heavy atom. The van der Waals surface area contributed by atoms with Crippen molar-refractivity contribution in [3.63, 3.8) is 0 Å². The molecule has 0 atom stereocenters. The number of ether oxygens (including phenoxy) is 1. The lowest BCUT2D eigenvalue weighted by molar-refractivity contribution is -0.147. The molecule has 0 saturated carbocycles. The van der Waals surface area contributed by atoms with E-state index >= 15 is 0 Å². The molecule has 0 spiro atoms. The lowest BCUT2D eigenvalue weighted by atomic mass is 9.72. The average Bonchev–Trinajstić information content (AvgIpc) is 2.56. The Hall–Kier alpha value is -1.81. The van der Waals surface area contributed by atoms with E-state index in [4.69, 9.17) is 10.5 Å². The summed E-state index contributed by atoms with van der Waals surface area (Å²) in [6.07, 6.45) is 6.44. The molecule has 4 nitrogen and oxygen atoms in total. The molecule has 0 amide bonds. The minimum absolute atomic E-state index is 0.332. The minimum Gasteiger partial charge on any atom is -0.481 e. The van der Waals surface area contributed by atoms with Gasteiger partial charge in [0.25, 0.3) is 0 Å². The van der Waals surface area contributed by atoms with Crippen LogP contribution in [-0.2, 0) is 14.9 Å². The lowest BCUT2D eigenvalue weighted by Gasteiger charge is -2.34. The number of anilines is 1. The van der Waals surface area contributed by atoms with Crippen molar-refractivity contribution in [2.45, 2.75) is 51.4 Å². The molecule has 0 bridgehead atoms. The van der Waals surface area contributed by atoms with E-state index in [2.05, 4.69) is 19.9 Å². The Labute approximate surface area is 143 Å². The summed E-state index contributed by atoms with van der Waals surface area (Å²) in [4.78, 5) is 12.0. The molecule has 130 valence electrons. The molecule has 2 aliphatic rings.